The Kier molecular flexibility index (Phi) is 5.21. The monoisotopic (exact) mass is 261 g/mol. The number of hydrogen-bond acceptors (Lipinski definition) is 3. The van der Waals surface area contributed by atoms with Gasteiger partial charge in [-0.25, -0.2) is 0 Å². The van der Waals surface area contributed by atoms with Crippen LogP contribution >= 0.6 is 12.4 Å². The minimum atomic E-state index is -0.199. The topological polar surface area (TPSA) is 52.7 Å². The second-order valence-corrected chi connectivity index (χ2v) is 4.45. The van der Waals surface area contributed by atoms with Crippen LogP contribution in [0.5, 0.6) is 0 Å². The highest BCUT2D eigenvalue weighted by Gasteiger charge is 2.35. The summed E-state index contributed by atoms with van der Waals surface area (Å²) in [4.78, 5) is 27.2. The lowest BCUT2D eigenvalue weighted by atomic mass is 10.1. The molecule has 0 bridgehead atoms. The van der Waals surface area contributed by atoms with Gasteiger partial charge in [0, 0.05) is 39.6 Å². The molecule has 1 N–H and O–H groups in total. The number of piperazine rings is 1. The third kappa shape index (κ3) is 3.10. The van der Waals surface area contributed by atoms with Crippen LogP contribution in [0.4, 0.5) is 0 Å². The summed E-state index contributed by atoms with van der Waals surface area (Å²) in [5.41, 5.74) is 0. The van der Waals surface area contributed by atoms with E-state index in [-0.39, 0.29) is 30.3 Å². The summed E-state index contributed by atoms with van der Waals surface area (Å²) >= 11 is 0. The fraction of sp³-hybridized carbons (Fsp3) is 0.818. The van der Waals surface area contributed by atoms with Crippen LogP contribution in [-0.4, -0.2) is 60.4 Å². The molecule has 2 fully saturated rings. The fourth-order valence-electron chi connectivity index (χ4n) is 2.50. The number of halogens is 1. The van der Waals surface area contributed by atoms with E-state index in [0.717, 1.165) is 45.6 Å². The second kappa shape index (κ2) is 6.21. The molecule has 2 aliphatic rings. The average Bonchev–Trinajstić information content (AvgIpc) is 2.78. The molecule has 0 saturated carbocycles. The molecule has 2 rings (SSSR count). The van der Waals surface area contributed by atoms with E-state index >= 15 is 0 Å². The predicted molar refractivity (Wildman–Crippen MR) is 67.1 cm³/mol. The van der Waals surface area contributed by atoms with Crippen molar-refractivity contribution in [2.24, 2.45) is 0 Å². The Bertz CT molecular complexity index is 292. The average molecular weight is 262 g/mol. The van der Waals surface area contributed by atoms with Crippen LogP contribution in [0.25, 0.3) is 0 Å². The molecule has 2 aliphatic heterocycles. The van der Waals surface area contributed by atoms with E-state index in [1.807, 2.05) is 4.90 Å². The number of nitrogens with one attached hydrogen (secondary N) is 1. The SMILES string of the molecule is CC(=O)N1CCCC1C(=O)N1CCNCC1.Cl. The first kappa shape index (κ1) is 14.3. The van der Waals surface area contributed by atoms with Gasteiger partial charge in [0.2, 0.25) is 11.8 Å². The van der Waals surface area contributed by atoms with E-state index in [1.165, 1.54) is 0 Å². The largest absolute Gasteiger partial charge is 0.338 e. The minimum Gasteiger partial charge on any atom is -0.338 e. The van der Waals surface area contributed by atoms with Crippen LogP contribution in [0, 0.1) is 0 Å². The van der Waals surface area contributed by atoms with Crippen LogP contribution in [0.2, 0.25) is 0 Å². The summed E-state index contributed by atoms with van der Waals surface area (Å²) in [6.07, 6.45) is 1.77. The molecule has 0 aliphatic carbocycles. The smallest absolute Gasteiger partial charge is 0.245 e. The molecule has 98 valence electrons. The number of amides is 2. The lowest BCUT2D eigenvalue weighted by Crippen LogP contribution is -2.53. The van der Waals surface area contributed by atoms with Gasteiger partial charge in [-0.2, -0.15) is 0 Å². The Labute approximate surface area is 108 Å². The maximum atomic E-state index is 12.2. The first-order chi connectivity index (χ1) is 7.70. The van der Waals surface area contributed by atoms with Gasteiger partial charge in [0.05, 0.1) is 0 Å². The van der Waals surface area contributed by atoms with Gasteiger partial charge in [0.1, 0.15) is 6.04 Å². The van der Waals surface area contributed by atoms with E-state index in [1.54, 1.807) is 11.8 Å². The quantitative estimate of drug-likeness (QED) is 0.714. The molecule has 6 heteroatoms. The summed E-state index contributed by atoms with van der Waals surface area (Å²) in [6, 6.07) is -0.199. The molecule has 17 heavy (non-hydrogen) atoms. The molecule has 2 heterocycles. The fourth-order valence-corrected chi connectivity index (χ4v) is 2.50. The first-order valence-corrected chi connectivity index (χ1v) is 5.97. The van der Waals surface area contributed by atoms with E-state index in [4.69, 9.17) is 0 Å². The Hall–Kier alpha value is -0.810. The van der Waals surface area contributed by atoms with Crippen molar-refractivity contribution in [2.45, 2.75) is 25.8 Å². The van der Waals surface area contributed by atoms with Crippen LogP contribution in [0.1, 0.15) is 19.8 Å². The van der Waals surface area contributed by atoms with Crippen molar-refractivity contribution >= 4 is 24.2 Å². The summed E-state index contributed by atoms with van der Waals surface area (Å²) in [5.74, 6) is 0.153. The lowest BCUT2D eigenvalue weighted by Gasteiger charge is -2.32. The predicted octanol–water partition coefficient (Wildman–Crippen LogP) is -0.149. The standard InChI is InChI=1S/C11H19N3O2.ClH/c1-9(15)14-6-2-3-10(14)11(16)13-7-4-12-5-8-13;/h10,12H,2-8H2,1H3;1H. The summed E-state index contributed by atoms with van der Waals surface area (Å²) in [7, 11) is 0. The van der Waals surface area contributed by atoms with E-state index in [9.17, 15) is 9.59 Å². The highest BCUT2D eigenvalue weighted by molar-refractivity contribution is 5.87. The highest BCUT2D eigenvalue weighted by atomic mass is 35.5. The van der Waals surface area contributed by atoms with Crippen molar-refractivity contribution in [3.05, 3.63) is 0 Å². The van der Waals surface area contributed by atoms with Gasteiger partial charge in [0.15, 0.2) is 0 Å². The molecular weight excluding hydrogens is 242 g/mol. The van der Waals surface area contributed by atoms with Gasteiger partial charge < -0.3 is 15.1 Å². The Balaban J connectivity index is 0.00000144. The minimum absolute atomic E-state index is 0. The number of rotatable bonds is 1. The number of likely N-dealkylation sites (tertiary alicyclic amines) is 1. The number of carbonyl (C=O) groups excluding carboxylic acids is 2. The van der Waals surface area contributed by atoms with Gasteiger partial charge in [-0.3, -0.25) is 9.59 Å². The molecule has 1 atom stereocenters. The zero-order chi connectivity index (χ0) is 11.5. The molecule has 1 unspecified atom stereocenters. The highest BCUT2D eigenvalue weighted by Crippen LogP contribution is 2.19. The molecule has 2 amide bonds. The van der Waals surface area contributed by atoms with Crippen LogP contribution < -0.4 is 5.32 Å². The van der Waals surface area contributed by atoms with Crippen molar-refractivity contribution in [1.29, 1.82) is 0 Å². The van der Waals surface area contributed by atoms with Crippen LogP contribution in [-0.2, 0) is 9.59 Å². The normalized spacial score (nSPS) is 24.4. The maximum Gasteiger partial charge on any atom is 0.245 e. The van der Waals surface area contributed by atoms with Gasteiger partial charge in [-0.15, -0.1) is 12.4 Å². The van der Waals surface area contributed by atoms with Crippen molar-refractivity contribution < 1.29 is 9.59 Å². The number of carbonyl (C=O) groups is 2. The summed E-state index contributed by atoms with van der Waals surface area (Å²) < 4.78 is 0. The van der Waals surface area contributed by atoms with Gasteiger partial charge in [-0.1, -0.05) is 0 Å². The lowest BCUT2D eigenvalue weighted by molar-refractivity contribution is -0.143. The van der Waals surface area contributed by atoms with E-state index in [2.05, 4.69) is 5.32 Å². The van der Waals surface area contributed by atoms with Crippen LogP contribution in [0.3, 0.4) is 0 Å². The van der Waals surface area contributed by atoms with Gasteiger partial charge in [-0.05, 0) is 12.8 Å². The Morgan fingerprint density at radius 1 is 1.18 bits per heavy atom. The zero-order valence-electron chi connectivity index (χ0n) is 10.1. The molecule has 2 saturated heterocycles. The van der Waals surface area contributed by atoms with E-state index in [0.29, 0.717) is 0 Å². The number of hydrogen-bond donors (Lipinski definition) is 1. The zero-order valence-corrected chi connectivity index (χ0v) is 11.0. The Morgan fingerprint density at radius 2 is 1.82 bits per heavy atom. The summed E-state index contributed by atoms with van der Waals surface area (Å²) in [5, 5.41) is 3.22. The third-order valence-corrected chi connectivity index (χ3v) is 3.37. The van der Waals surface area contributed by atoms with Gasteiger partial charge in [0.25, 0.3) is 0 Å². The maximum absolute atomic E-state index is 12.2. The van der Waals surface area contributed by atoms with Crippen molar-refractivity contribution in [3.8, 4) is 0 Å². The third-order valence-electron chi connectivity index (χ3n) is 3.37. The molecule has 0 aromatic heterocycles. The summed E-state index contributed by atoms with van der Waals surface area (Å²) in [6.45, 7) is 5.53. The second-order valence-electron chi connectivity index (χ2n) is 4.45. The van der Waals surface area contributed by atoms with E-state index < -0.39 is 0 Å². The molecular formula is C11H20ClN3O2. The molecule has 0 spiro atoms. The van der Waals surface area contributed by atoms with Gasteiger partial charge >= 0.3 is 0 Å². The molecule has 0 aromatic carbocycles. The van der Waals surface area contributed by atoms with Crippen molar-refractivity contribution in [2.75, 3.05) is 32.7 Å². The molecule has 5 nitrogen and oxygen atoms in total. The first-order valence-electron chi connectivity index (χ1n) is 5.97. The molecule has 0 radical (unpaired) electrons. The number of nitrogens with zero attached hydrogens (tertiary/aromatic N) is 2. The van der Waals surface area contributed by atoms with Crippen LogP contribution in [0.15, 0.2) is 0 Å². The Morgan fingerprint density at radius 3 is 2.41 bits per heavy atom. The molecule has 0 aromatic rings. The van der Waals surface area contributed by atoms with Crippen molar-refractivity contribution in [3.63, 3.8) is 0 Å². The van der Waals surface area contributed by atoms with Crippen molar-refractivity contribution in [1.82, 2.24) is 15.1 Å².